The van der Waals surface area contributed by atoms with Gasteiger partial charge in [0, 0.05) is 16.6 Å². The first-order valence-electron chi connectivity index (χ1n) is 9.08. The van der Waals surface area contributed by atoms with Gasteiger partial charge in [0.25, 0.3) is 5.91 Å². The molecule has 7 heteroatoms. The summed E-state index contributed by atoms with van der Waals surface area (Å²) >= 11 is 3.17. The summed E-state index contributed by atoms with van der Waals surface area (Å²) in [5.41, 5.74) is 3.06. The second-order valence-electron chi connectivity index (χ2n) is 6.60. The predicted octanol–water partition coefficient (Wildman–Crippen LogP) is 4.82. The molecule has 0 bridgehead atoms. The number of carboxylic acid groups (broad SMARTS) is 1. The van der Waals surface area contributed by atoms with E-state index in [1.165, 1.54) is 19.2 Å². The van der Waals surface area contributed by atoms with Crippen molar-refractivity contribution < 1.29 is 23.8 Å². The summed E-state index contributed by atoms with van der Waals surface area (Å²) in [4.78, 5) is 23.4. The summed E-state index contributed by atoms with van der Waals surface area (Å²) in [6.07, 6.45) is -0.0638. The van der Waals surface area contributed by atoms with Gasteiger partial charge in [-0.3, -0.25) is 9.59 Å². The molecule has 0 atom stereocenters. The molecule has 0 aliphatic rings. The van der Waals surface area contributed by atoms with Gasteiger partial charge in [-0.05, 0) is 47.0 Å². The highest BCUT2D eigenvalue weighted by Gasteiger charge is 2.14. The molecule has 0 unspecified atom stereocenters. The molecule has 3 aromatic carbocycles. The molecular weight excluding hydrogens is 453 g/mol. The van der Waals surface area contributed by atoms with Gasteiger partial charge in [-0.2, -0.15) is 0 Å². The Labute approximate surface area is 181 Å². The summed E-state index contributed by atoms with van der Waals surface area (Å²) in [5.74, 6) is -1.46. The second-order valence-corrected chi connectivity index (χ2v) is 7.52. The van der Waals surface area contributed by atoms with E-state index in [4.69, 9.17) is 9.84 Å². The van der Waals surface area contributed by atoms with Crippen molar-refractivity contribution >= 4 is 27.8 Å². The average Bonchev–Trinajstić information content (AvgIpc) is 2.71. The third kappa shape index (κ3) is 5.24. The van der Waals surface area contributed by atoms with Gasteiger partial charge in [0.05, 0.1) is 19.1 Å². The predicted molar refractivity (Wildman–Crippen MR) is 115 cm³/mol. The van der Waals surface area contributed by atoms with Gasteiger partial charge in [0.2, 0.25) is 0 Å². The summed E-state index contributed by atoms with van der Waals surface area (Å²) in [7, 11) is 1.53. The molecule has 5 nitrogen and oxygen atoms in total. The smallest absolute Gasteiger partial charge is 0.307 e. The van der Waals surface area contributed by atoms with E-state index in [2.05, 4.69) is 21.2 Å². The quantitative estimate of drug-likeness (QED) is 0.517. The third-order valence-corrected chi connectivity index (χ3v) is 5.00. The van der Waals surface area contributed by atoms with Gasteiger partial charge in [0.15, 0.2) is 0 Å². The van der Waals surface area contributed by atoms with E-state index < -0.39 is 17.7 Å². The average molecular weight is 472 g/mol. The van der Waals surface area contributed by atoms with E-state index >= 15 is 0 Å². The van der Waals surface area contributed by atoms with E-state index in [9.17, 15) is 14.0 Å². The first-order chi connectivity index (χ1) is 14.4. The summed E-state index contributed by atoms with van der Waals surface area (Å²) in [6, 6.07) is 17.0. The Balaban J connectivity index is 1.83. The highest BCUT2D eigenvalue weighted by atomic mass is 79.9. The fraction of sp³-hybridized carbons (Fsp3) is 0.130. The lowest BCUT2D eigenvalue weighted by atomic mass is 9.99. The highest BCUT2D eigenvalue weighted by molar-refractivity contribution is 9.10. The number of carbonyl (C=O) groups excluding carboxylic acids is 1. The topological polar surface area (TPSA) is 75.6 Å². The zero-order valence-electron chi connectivity index (χ0n) is 16.1. The minimum Gasteiger partial charge on any atom is -0.496 e. The zero-order valence-corrected chi connectivity index (χ0v) is 17.7. The normalized spacial score (nSPS) is 10.5. The lowest BCUT2D eigenvalue weighted by Crippen LogP contribution is -2.24. The van der Waals surface area contributed by atoms with Crippen molar-refractivity contribution in [2.24, 2.45) is 0 Å². The number of aliphatic carboxylic acids is 1. The van der Waals surface area contributed by atoms with Crippen LogP contribution >= 0.6 is 15.9 Å². The van der Waals surface area contributed by atoms with Crippen LogP contribution in [0.25, 0.3) is 11.1 Å². The maximum absolute atomic E-state index is 14.0. The van der Waals surface area contributed by atoms with Crippen LogP contribution in [0.5, 0.6) is 5.75 Å². The molecular formula is C23H19BrFNO4. The standard InChI is InChI=1S/C23H19BrFNO4/c1-30-21-8-5-16(15-4-2-3-14(9-15)10-22(27)28)11-17(21)13-26-23(29)19-7-6-18(24)12-20(19)25/h2-9,11-12H,10,13H2,1H3,(H,26,29)(H,27,28). The number of amides is 1. The Bertz CT molecular complexity index is 1100. The van der Waals surface area contributed by atoms with Gasteiger partial charge >= 0.3 is 5.97 Å². The Morgan fingerprint density at radius 1 is 1.07 bits per heavy atom. The van der Waals surface area contributed by atoms with Crippen molar-refractivity contribution in [1.29, 1.82) is 0 Å². The van der Waals surface area contributed by atoms with Gasteiger partial charge in [-0.15, -0.1) is 0 Å². The molecule has 0 aliphatic heterocycles. The SMILES string of the molecule is COc1ccc(-c2cccc(CC(=O)O)c2)cc1CNC(=O)c1ccc(Br)cc1F. The molecule has 0 saturated heterocycles. The van der Waals surface area contributed by atoms with Crippen molar-refractivity contribution in [1.82, 2.24) is 5.32 Å². The number of carbonyl (C=O) groups is 2. The van der Waals surface area contributed by atoms with Crippen LogP contribution in [0.3, 0.4) is 0 Å². The fourth-order valence-electron chi connectivity index (χ4n) is 3.08. The number of hydrogen-bond donors (Lipinski definition) is 2. The van der Waals surface area contributed by atoms with Gasteiger partial charge in [-0.25, -0.2) is 4.39 Å². The molecule has 0 fully saturated rings. The van der Waals surface area contributed by atoms with Crippen LogP contribution in [-0.2, 0) is 17.8 Å². The second kappa shape index (κ2) is 9.54. The van der Waals surface area contributed by atoms with E-state index in [0.717, 1.165) is 11.1 Å². The molecule has 2 N–H and O–H groups in total. The molecule has 3 aromatic rings. The molecule has 1 amide bonds. The van der Waals surface area contributed by atoms with Crippen LogP contribution in [-0.4, -0.2) is 24.1 Å². The fourth-order valence-corrected chi connectivity index (χ4v) is 3.41. The van der Waals surface area contributed by atoms with Crippen molar-refractivity contribution in [2.75, 3.05) is 7.11 Å². The number of methoxy groups -OCH3 is 1. The Morgan fingerprint density at radius 2 is 1.83 bits per heavy atom. The zero-order chi connectivity index (χ0) is 21.7. The lowest BCUT2D eigenvalue weighted by Gasteiger charge is -2.13. The highest BCUT2D eigenvalue weighted by Crippen LogP contribution is 2.27. The number of benzene rings is 3. The summed E-state index contributed by atoms with van der Waals surface area (Å²) in [5, 5.41) is 11.7. The van der Waals surface area contributed by atoms with Gasteiger partial charge in [0.1, 0.15) is 11.6 Å². The molecule has 30 heavy (non-hydrogen) atoms. The number of halogens is 2. The molecule has 0 heterocycles. The maximum Gasteiger partial charge on any atom is 0.307 e. The van der Waals surface area contributed by atoms with Crippen molar-refractivity contribution in [2.45, 2.75) is 13.0 Å². The van der Waals surface area contributed by atoms with E-state index in [1.807, 2.05) is 24.3 Å². The number of carboxylic acids is 1. The molecule has 0 radical (unpaired) electrons. The van der Waals surface area contributed by atoms with Crippen molar-refractivity contribution in [3.63, 3.8) is 0 Å². The van der Waals surface area contributed by atoms with Gasteiger partial charge in [-0.1, -0.05) is 46.3 Å². The summed E-state index contributed by atoms with van der Waals surface area (Å²) < 4.78 is 20.0. The minimum atomic E-state index is -0.898. The Morgan fingerprint density at radius 3 is 2.53 bits per heavy atom. The molecule has 0 saturated carbocycles. The minimum absolute atomic E-state index is 0.0466. The van der Waals surface area contributed by atoms with Crippen LogP contribution in [0.15, 0.2) is 65.1 Å². The third-order valence-electron chi connectivity index (χ3n) is 4.51. The lowest BCUT2D eigenvalue weighted by molar-refractivity contribution is -0.136. The number of nitrogens with one attached hydrogen (secondary N) is 1. The van der Waals surface area contributed by atoms with Crippen LogP contribution in [0.4, 0.5) is 4.39 Å². The van der Waals surface area contributed by atoms with Crippen molar-refractivity contribution in [3.05, 3.63) is 87.6 Å². The van der Waals surface area contributed by atoms with E-state index in [1.54, 1.807) is 24.3 Å². The Kier molecular flexibility index (Phi) is 6.84. The first kappa shape index (κ1) is 21.5. The summed E-state index contributed by atoms with van der Waals surface area (Å²) in [6.45, 7) is 0.139. The molecule has 154 valence electrons. The first-order valence-corrected chi connectivity index (χ1v) is 9.88. The molecule has 0 spiro atoms. The number of ether oxygens (including phenoxy) is 1. The van der Waals surface area contributed by atoms with Crippen LogP contribution in [0.2, 0.25) is 0 Å². The maximum atomic E-state index is 14.0. The number of hydrogen-bond acceptors (Lipinski definition) is 3. The van der Waals surface area contributed by atoms with E-state index in [-0.39, 0.29) is 18.5 Å². The number of rotatable bonds is 7. The van der Waals surface area contributed by atoms with Crippen LogP contribution < -0.4 is 10.1 Å². The van der Waals surface area contributed by atoms with E-state index in [0.29, 0.717) is 21.3 Å². The molecule has 3 rings (SSSR count). The van der Waals surface area contributed by atoms with Crippen LogP contribution in [0.1, 0.15) is 21.5 Å². The van der Waals surface area contributed by atoms with Crippen molar-refractivity contribution in [3.8, 4) is 16.9 Å². The monoisotopic (exact) mass is 471 g/mol. The Hall–Kier alpha value is -3.19. The largest absolute Gasteiger partial charge is 0.496 e. The molecule has 0 aromatic heterocycles. The molecule has 0 aliphatic carbocycles. The van der Waals surface area contributed by atoms with Crippen LogP contribution in [0, 0.1) is 5.82 Å². The van der Waals surface area contributed by atoms with Gasteiger partial charge < -0.3 is 15.2 Å².